The van der Waals surface area contributed by atoms with Crippen molar-refractivity contribution in [3.8, 4) is 5.75 Å². The van der Waals surface area contributed by atoms with Crippen molar-refractivity contribution >= 4 is 0 Å². The molecular weight excluding hydrogens is 279 g/mol. The molecule has 0 aliphatic heterocycles. The average Bonchev–Trinajstić information content (AvgIpc) is 2.39. The lowest BCUT2D eigenvalue weighted by atomic mass is 10.0. The first-order valence-electron chi connectivity index (χ1n) is 7.36. The fourth-order valence-corrected chi connectivity index (χ4v) is 2.16. The molecule has 0 spiro atoms. The van der Waals surface area contributed by atoms with Crippen molar-refractivity contribution in [2.45, 2.75) is 52.3 Å². The predicted octanol–water partition coefficient (Wildman–Crippen LogP) is 4.41. The van der Waals surface area contributed by atoms with E-state index in [9.17, 15) is 13.2 Å². The number of halogens is 3. The highest BCUT2D eigenvalue weighted by Gasteiger charge is 2.34. The van der Waals surface area contributed by atoms with Crippen LogP contribution in [0.3, 0.4) is 0 Å². The second-order valence-electron chi connectivity index (χ2n) is 5.50. The number of hydrogen-bond acceptors (Lipinski definition) is 2. The first kappa shape index (κ1) is 17.8. The van der Waals surface area contributed by atoms with Crippen molar-refractivity contribution in [3.05, 3.63) is 29.3 Å². The van der Waals surface area contributed by atoms with Gasteiger partial charge in [0.15, 0.2) is 0 Å². The van der Waals surface area contributed by atoms with E-state index in [-0.39, 0.29) is 17.7 Å². The summed E-state index contributed by atoms with van der Waals surface area (Å²) in [5.74, 6) is 0.178. The number of ether oxygens (including phenoxy) is 1. The van der Waals surface area contributed by atoms with Crippen LogP contribution in [0.2, 0.25) is 0 Å². The molecule has 0 amide bonds. The number of alkyl halides is 3. The topological polar surface area (TPSA) is 35.2 Å². The van der Waals surface area contributed by atoms with E-state index < -0.39 is 11.7 Å². The van der Waals surface area contributed by atoms with Gasteiger partial charge in [-0.3, -0.25) is 0 Å². The van der Waals surface area contributed by atoms with E-state index >= 15 is 0 Å². The van der Waals surface area contributed by atoms with Gasteiger partial charge in [-0.1, -0.05) is 32.8 Å². The van der Waals surface area contributed by atoms with Gasteiger partial charge in [0.1, 0.15) is 5.75 Å². The Kier molecular flexibility index (Phi) is 6.52. The quantitative estimate of drug-likeness (QED) is 0.809. The van der Waals surface area contributed by atoms with Gasteiger partial charge in [-0.2, -0.15) is 13.2 Å². The molecule has 5 heteroatoms. The maximum absolute atomic E-state index is 13.1. The molecular formula is C16H24F3NO. The van der Waals surface area contributed by atoms with E-state index in [1.807, 2.05) is 13.8 Å². The molecule has 21 heavy (non-hydrogen) atoms. The first-order chi connectivity index (χ1) is 9.77. The highest BCUT2D eigenvalue weighted by atomic mass is 19.4. The minimum absolute atomic E-state index is 0.0946. The Morgan fingerprint density at radius 1 is 1.19 bits per heavy atom. The van der Waals surface area contributed by atoms with Crippen LogP contribution in [0.5, 0.6) is 5.75 Å². The number of hydrogen-bond donors (Lipinski definition) is 1. The summed E-state index contributed by atoms with van der Waals surface area (Å²) < 4.78 is 44.8. The zero-order valence-corrected chi connectivity index (χ0v) is 12.8. The van der Waals surface area contributed by atoms with E-state index in [0.29, 0.717) is 18.6 Å². The average molecular weight is 303 g/mol. The Balaban J connectivity index is 2.97. The Morgan fingerprint density at radius 3 is 2.29 bits per heavy atom. The van der Waals surface area contributed by atoms with Crippen molar-refractivity contribution in [1.29, 1.82) is 0 Å². The lowest BCUT2D eigenvalue weighted by Crippen LogP contribution is -2.19. The summed E-state index contributed by atoms with van der Waals surface area (Å²) in [5.41, 5.74) is 5.50. The van der Waals surface area contributed by atoms with E-state index in [0.717, 1.165) is 18.9 Å². The molecule has 0 heterocycles. The van der Waals surface area contributed by atoms with Crippen LogP contribution in [0.1, 0.15) is 44.7 Å². The van der Waals surface area contributed by atoms with Gasteiger partial charge in [0.05, 0.1) is 12.2 Å². The molecule has 0 aromatic heterocycles. The molecule has 1 aromatic carbocycles. The smallest absolute Gasteiger partial charge is 0.419 e. The summed E-state index contributed by atoms with van der Waals surface area (Å²) in [6.07, 6.45) is -2.23. The first-order valence-corrected chi connectivity index (χ1v) is 7.36. The lowest BCUT2D eigenvalue weighted by Gasteiger charge is -2.18. The van der Waals surface area contributed by atoms with Crippen LogP contribution in [0, 0.1) is 5.92 Å². The molecule has 0 aliphatic rings. The zero-order valence-electron chi connectivity index (χ0n) is 12.8. The Morgan fingerprint density at radius 2 is 1.81 bits per heavy atom. The van der Waals surface area contributed by atoms with Crippen molar-refractivity contribution in [2.24, 2.45) is 11.7 Å². The molecule has 0 fully saturated rings. The van der Waals surface area contributed by atoms with E-state index in [2.05, 4.69) is 0 Å². The zero-order chi connectivity index (χ0) is 16.0. The van der Waals surface area contributed by atoms with Crippen LogP contribution in [-0.4, -0.2) is 12.6 Å². The molecule has 1 aromatic rings. The largest absolute Gasteiger partial charge is 0.493 e. The third-order valence-electron chi connectivity index (χ3n) is 3.54. The molecule has 0 saturated carbocycles. The molecule has 0 aliphatic carbocycles. The maximum Gasteiger partial charge on any atom is 0.419 e. The van der Waals surface area contributed by atoms with Crippen LogP contribution in [0.4, 0.5) is 13.2 Å². The fraction of sp³-hybridized carbons (Fsp3) is 0.625. The molecule has 2 nitrogen and oxygen atoms in total. The van der Waals surface area contributed by atoms with E-state index in [4.69, 9.17) is 10.5 Å². The molecule has 1 rings (SSSR count). The number of nitrogens with two attached hydrogens (primary N) is 1. The maximum atomic E-state index is 13.1. The van der Waals surface area contributed by atoms with Crippen LogP contribution in [-0.2, 0) is 12.6 Å². The minimum Gasteiger partial charge on any atom is -0.493 e. The number of benzene rings is 1. The van der Waals surface area contributed by atoms with Gasteiger partial charge < -0.3 is 10.5 Å². The second-order valence-corrected chi connectivity index (χ2v) is 5.50. The van der Waals surface area contributed by atoms with Crippen molar-refractivity contribution in [1.82, 2.24) is 0 Å². The predicted molar refractivity (Wildman–Crippen MR) is 78.4 cm³/mol. The summed E-state index contributed by atoms with van der Waals surface area (Å²) in [6, 6.07) is 4.03. The van der Waals surface area contributed by atoms with Gasteiger partial charge in [-0.05, 0) is 37.0 Å². The second kappa shape index (κ2) is 7.69. The molecule has 0 bridgehead atoms. The highest BCUT2D eigenvalue weighted by Crippen LogP contribution is 2.37. The monoisotopic (exact) mass is 303 g/mol. The van der Waals surface area contributed by atoms with Crippen LogP contribution >= 0.6 is 0 Å². The summed E-state index contributed by atoms with van der Waals surface area (Å²) in [5, 5.41) is 0. The summed E-state index contributed by atoms with van der Waals surface area (Å²) in [6.45, 7) is 6.09. The normalized spacial score (nSPS) is 13.5. The van der Waals surface area contributed by atoms with Gasteiger partial charge >= 0.3 is 6.18 Å². The SMILES string of the molecule is CCC(CC)COc1ccc(CC(C)N)cc1C(F)(F)F. The van der Waals surface area contributed by atoms with Crippen molar-refractivity contribution in [2.75, 3.05) is 6.61 Å². The molecule has 1 atom stereocenters. The van der Waals surface area contributed by atoms with Gasteiger partial charge in [-0.15, -0.1) is 0 Å². The van der Waals surface area contributed by atoms with Gasteiger partial charge in [0.25, 0.3) is 0 Å². The van der Waals surface area contributed by atoms with Crippen LogP contribution < -0.4 is 10.5 Å². The van der Waals surface area contributed by atoms with E-state index in [1.165, 1.54) is 6.07 Å². The minimum atomic E-state index is -4.42. The Bertz CT molecular complexity index is 440. The third-order valence-corrected chi connectivity index (χ3v) is 3.54. The van der Waals surface area contributed by atoms with Gasteiger partial charge in [0, 0.05) is 6.04 Å². The Hall–Kier alpha value is -1.23. The molecule has 120 valence electrons. The molecule has 1 unspecified atom stereocenters. The van der Waals surface area contributed by atoms with Crippen molar-refractivity contribution in [3.63, 3.8) is 0 Å². The summed E-state index contributed by atoms with van der Waals surface area (Å²) >= 11 is 0. The fourth-order valence-electron chi connectivity index (χ4n) is 2.16. The van der Waals surface area contributed by atoms with Crippen LogP contribution in [0.25, 0.3) is 0 Å². The molecule has 0 radical (unpaired) electrons. The van der Waals surface area contributed by atoms with Crippen LogP contribution in [0.15, 0.2) is 18.2 Å². The van der Waals surface area contributed by atoms with Crippen molar-refractivity contribution < 1.29 is 17.9 Å². The number of rotatable bonds is 7. The Labute approximate surface area is 124 Å². The van der Waals surface area contributed by atoms with Gasteiger partial charge in [0.2, 0.25) is 0 Å². The summed E-state index contributed by atoms with van der Waals surface area (Å²) in [4.78, 5) is 0. The standard InChI is InChI=1S/C16H24F3NO/c1-4-12(5-2)10-21-15-7-6-13(8-11(3)20)9-14(15)16(17,18)19/h6-7,9,11-12H,4-5,8,10,20H2,1-3H3. The lowest BCUT2D eigenvalue weighted by molar-refractivity contribution is -0.139. The molecule has 0 saturated heterocycles. The van der Waals surface area contributed by atoms with Gasteiger partial charge in [-0.25, -0.2) is 0 Å². The van der Waals surface area contributed by atoms with E-state index in [1.54, 1.807) is 13.0 Å². The third kappa shape index (κ3) is 5.58. The summed E-state index contributed by atoms with van der Waals surface area (Å²) in [7, 11) is 0. The highest BCUT2D eigenvalue weighted by molar-refractivity contribution is 5.39. The molecule has 2 N–H and O–H groups in total.